The van der Waals surface area contributed by atoms with Crippen LogP contribution in [0.5, 0.6) is 0 Å². The van der Waals surface area contributed by atoms with Gasteiger partial charge < -0.3 is 10.4 Å². The topological polar surface area (TPSA) is 62.2 Å². The summed E-state index contributed by atoms with van der Waals surface area (Å²) in [6.45, 7) is 1.81. The molecule has 0 aliphatic carbocycles. The number of benzene rings is 1. The minimum absolute atomic E-state index is 0.00714. The average molecular weight is 294 g/mol. The molecule has 0 amide bonds. The molecule has 0 radical (unpaired) electrons. The Hall–Kier alpha value is -1.95. The monoisotopic (exact) mass is 294 g/mol. The van der Waals surface area contributed by atoms with Gasteiger partial charge in [-0.1, -0.05) is 19.1 Å². The third-order valence-electron chi connectivity index (χ3n) is 2.92. The van der Waals surface area contributed by atoms with Crippen LogP contribution >= 0.6 is 11.3 Å². The van der Waals surface area contributed by atoms with Crippen molar-refractivity contribution in [1.82, 2.24) is 4.98 Å². The van der Waals surface area contributed by atoms with Crippen molar-refractivity contribution in [2.45, 2.75) is 19.3 Å². The van der Waals surface area contributed by atoms with Crippen LogP contribution in [0.3, 0.4) is 0 Å². The van der Waals surface area contributed by atoms with E-state index in [1.165, 1.54) is 17.4 Å². The number of nitrogens with one attached hydrogen (secondary N) is 1. The molecule has 2 rings (SSSR count). The first-order valence-corrected chi connectivity index (χ1v) is 6.99. The lowest BCUT2D eigenvalue weighted by Gasteiger charge is -2.09. The van der Waals surface area contributed by atoms with Crippen LogP contribution in [0.4, 0.5) is 9.52 Å². The lowest BCUT2D eigenvalue weighted by atomic mass is 10.0. The maximum Gasteiger partial charge on any atom is 0.303 e. The molecule has 0 bridgehead atoms. The summed E-state index contributed by atoms with van der Waals surface area (Å²) in [4.78, 5) is 16.0. The predicted octanol–water partition coefficient (Wildman–Crippen LogP) is 3.57. The van der Waals surface area contributed by atoms with Crippen molar-refractivity contribution >= 4 is 22.4 Å². The number of aliphatic carboxylic acids is 1. The first-order valence-electron chi connectivity index (χ1n) is 6.18. The molecule has 0 spiro atoms. The Balaban J connectivity index is 2.49. The molecular formula is C14H15FN2O2S. The summed E-state index contributed by atoms with van der Waals surface area (Å²) < 4.78 is 13.9. The van der Waals surface area contributed by atoms with Gasteiger partial charge in [-0.3, -0.25) is 4.79 Å². The molecule has 1 atom stereocenters. The molecule has 0 aliphatic heterocycles. The predicted molar refractivity (Wildman–Crippen MR) is 77.7 cm³/mol. The molecule has 2 aromatic rings. The summed E-state index contributed by atoms with van der Waals surface area (Å²) in [5, 5.41) is 12.5. The van der Waals surface area contributed by atoms with Crippen molar-refractivity contribution in [3.63, 3.8) is 0 Å². The van der Waals surface area contributed by atoms with Gasteiger partial charge in [0.25, 0.3) is 0 Å². The first-order chi connectivity index (χ1) is 9.52. The van der Waals surface area contributed by atoms with E-state index >= 15 is 0 Å². The minimum Gasteiger partial charge on any atom is -0.481 e. The van der Waals surface area contributed by atoms with E-state index in [1.54, 1.807) is 25.2 Å². The molecular weight excluding hydrogens is 279 g/mol. The van der Waals surface area contributed by atoms with Gasteiger partial charge >= 0.3 is 5.97 Å². The average Bonchev–Trinajstić information content (AvgIpc) is 2.82. The van der Waals surface area contributed by atoms with Crippen molar-refractivity contribution in [2.75, 3.05) is 12.4 Å². The lowest BCUT2D eigenvalue weighted by molar-refractivity contribution is -0.137. The number of halogens is 1. The van der Waals surface area contributed by atoms with E-state index in [9.17, 15) is 9.18 Å². The van der Waals surface area contributed by atoms with Crippen LogP contribution in [0.25, 0.3) is 11.3 Å². The van der Waals surface area contributed by atoms with Gasteiger partial charge in [0, 0.05) is 23.4 Å². The second-order valence-corrected chi connectivity index (χ2v) is 5.49. The van der Waals surface area contributed by atoms with Gasteiger partial charge in [0.15, 0.2) is 5.13 Å². The van der Waals surface area contributed by atoms with Gasteiger partial charge in [-0.2, -0.15) is 0 Å². The van der Waals surface area contributed by atoms with Gasteiger partial charge in [-0.15, -0.1) is 11.3 Å². The minimum atomic E-state index is -0.878. The lowest BCUT2D eigenvalue weighted by Crippen LogP contribution is -2.02. The van der Waals surface area contributed by atoms with Crippen LogP contribution in [0.2, 0.25) is 0 Å². The van der Waals surface area contributed by atoms with E-state index in [2.05, 4.69) is 10.3 Å². The normalized spacial score (nSPS) is 12.2. The zero-order valence-corrected chi connectivity index (χ0v) is 12.0. The summed E-state index contributed by atoms with van der Waals surface area (Å²) in [7, 11) is 1.73. The number of thiazole rings is 1. The quantitative estimate of drug-likeness (QED) is 0.885. The maximum atomic E-state index is 13.9. The highest BCUT2D eigenvalue weighted by atomic mass is 32.1. The zero-order chi connectivity index (χ0) is 14.7. The second-order valence-electron chi connectivity index (χ2n) is 4.46. The van der Waals surface area contributed by atoms with E-state index in [4.69, 9.17) is 5.11 Å². The van der Waals surface area contributed by atoms with Crippen LogP contribution in [-0.4, -0.2) is 23.1 Å². The number of carboxylic acids is 1. The molecule has 2 N–H and O–H groups in total. The largest absolute Gasteiger partial charge is 0.481 e. The van der Waals surface area contributed by atoms with Crippen LogP contribution < -0.4 is 5.32 Å². The summed E-state index contributed by atoms with van der Waals surface area (Å²) >= 11 is 1.36. The van der Waals surface area contributed by atoms with Crippen molar-refractivity contribution in [2.24, 2.45) is 0 Å². The van der Waals surface area contributed by atoms with Crippen LogP contribution in [0, 0.1) is 5.82 Å². The fourth-order valence-corrected chi connectivity index (χ4v) is 2.96. The molecule has 1 heterocycles. The first kappa shape index (κ1) is 14.5. The third-order valence-corrected chi connectivity index (χ3v) is 4.23. The molecule has 1 aromatic heterocycles. The van der Waals surface area contributed by atoms with Gasteiger partial charge in [0.2, 0.25) is 0 Å². The van der Waals surface area contributed by atoms with Crippen molar-refractivity contribution < 1.29 is 14.3 Å². The number of hydrogen-bond acceptors (Lipinski definition) is 4. The number of nitrogens with zero attached hydrogens (tertiary/aromatic N) is 1. The van der Waals surface area contributed by atoms with E-state index in [0.29, 0.717) is 16.4 Å². The number of hydrogen-bond donors (Lipinski definition) is 2. The van der Waals surface area contributed by atoms with Crippen LogP contribution in [0.1, 0.15) is 24.1 Å². The van der Waals surface area contributed by atoms with Crippen LogP contribution in [0.15, 0.2) is 24.3 Å². The number of carbonyl (C=O) groups is 1. The Morgan fingerprint density at radius 1 is 1.50 bits per heavy atom. The molecule has 4 nitrogen and oxygen atoms in total. The molecule has 0 fully saturated rings. The highest BCUT2D eigenvalue weighted by molar-refractivity contribution is 7.16. The van der Waals surface area contributed by atoms with E-state index in [0.717, 1.165) is 4.88 Å². The molecule has 106 valence electrons. The Labute approximate surface area is 120 Å². The molecule has 0 saturated heterocycles. The number of rotatable bonds is 5. The Morgan fingerprint density at radius 2 is 2.20 bits per heavy atom. The number of anilines is 1. The molecule has 1 aromatic carbocycles. The highest BCUT2D eigenvalue weighted by Crippen LogP contribution is 2.38. The smallest absolute Gasteiger partial charge is 0.303 e. The number of carboxylic acid groups (broad SMARTS) is 1. The summed E-state index contributed by atoms with van der Waals surface area (Å²) in [5.74, 6) is -1.46. The second kappa shape index (κ2) is 6.00. The molecule has 6 heteroatoms. The van der Waals surface area contributed by atoms with Gasteiger partial charge in [-0.05, 0) is 12.1 Å². The van der Waals surface area contributed by atoms with E-state index in [1.807, 2.05) is 6.92 Å². The third kappa shape index (κ3) is 2.96. The summed E-state index contributed by atoms with van der Waals surface area (Å²) in [6.07, 6.45) is -0.00714. The fraction of sp³-hybridized carbons (Fsp3) is 0.286. The SMILES string of the molecule is CNc1nc(-c2ccccc2F)c(C(C)CC(=O)O)s1. The Morgan fingerprint density at radius 3 is 2.80 bits per heavy atom. The Kier molecular flexibility index (Phi) is 4.34. The van der Waals surface area contributed by atoms with Crippen molar-refractivity contribution in [1.29, 1.82) is 0 Å². The molecule has 0 saturated carbocycles. The molecule has 1 unspecified atom stereocenters. The van der Waals surface area contributed by atoms with Gasteiger partial charge in [0.1, 0.15) is 5.82 Å². The zero-order valence-electron chi connectivity index (χ0n) is 11.2. The van der Waals surface area contributed by atoms with Gasteiger partial charge in [-0.25, -0.2) is 9.37 Å². The number of aromatic nitrogens is 1. The van der Waals surface area contributed by atoms with Gasteiger partial charge in [0.05, 0.1) is 12.1 Å². The standard InChI is InChI=1S/C14H15FN2O2S/c1-8(7-11(18)19)13-12(17-14(16-2)20-13)9-5-3-4-6-10(9)15/h3-6,8H,7H2,1-2H3,(H,16,17)(H,18,19). The highest BCUT2D eigenvalue weighted by Gasteiger charge is 2.21. The van der Waals surface area contributed by atoms with E-state index < -0.39 is 5.97 Å². The Bertz CT molecular complexity index is 627. The molecule has 20 heavy (non-hydrogen) atoms. The molecule has 0 aliphatic rings. The van der Waals surface area contributed by atoms with Crippen LogP contribution in [-0.2, 0) is 4.79 Å². The maximum absolute atomic E-state index is 13.9. The van der Waals surface area contributed by atoms with Crippen molar-refractivity contribution in [3.05, 3.63) is 35.0 Å². The fourth-order valence-electron chi connectivity index (χ4n) is 1.97. The summed E-state index contributed by atoms with van der Waals surface area (Å²) in [6, 6.07) is 6.38. The van der Waals surface area contributed by atoms with Crippen molar-refractivity contribution in [3.8, 4) is 11.3 Å². The van der Waals surface area contributed by atoms with E-state index in [-0.39, 0.29) is 18.2 Å². The summed E-state index contributed by atoms with van der Waals surface area (Å²) in [5.41, 5.74) is 0.920.